The van der Waals surface area contributed by atoms with Gasteiger partial charge in [0.15, 0.2) is 0 Å². The zero-order valence-electron chi connectivity index (χ0n) is 10.9. The summed E-state index contributed by atoms with van der Waals surface area (Å²) in [5, 5.41) is 17.9. The molecule has 2 atom stereocenters. The molecule has 108 valence electrons. The molecule has 0 spiro atoms. The van der Waals surface area contributed by atoms with Gasteiger partial charge in [-0.15, -0.1) is 0 Å². The van der Waals surface area contributed by atoms with Crippen molar-refractivity contribution < 1.29 is 14.7 Å². The molecular weight excluding hydrogens is 282 g/mol. The van der Waals surface area contributed by atoms with Crippen LogP contribution in [0.5, 0.6) is 0 Å². The number of amides is 2. The number of aliphatic hydroxyl groups is 1. The fourth-order valence-corrected chi connectivity index (χ4v) is 2.26. The highest BCUT2D eigenvalue weighted by molar-refractivity contribution is 6.34. The van der Waals surface area contributed by atoms with Gasteiger partial charge in [-0.2, -0.15) is 0 Å². The number of carbonyl (C=O) groups is 2. The molecule has 1 aliphatic rings. The smallest absolute Gasteiger partial charge is 0.241 e. The van der Waals surface area contributed by atoms with E-state index >= 15 is 0 Å². The number of hydrogen-bond donors (Lipinski definition) is 4. The summed E-state index contributed by atoms with van der Waals surface area (Å²) in [5.74, 6) is -0.433. The summed E-state index contributed by atoms with van der Waals surface area (Å²) in [6.07, 6.45) is -0.0970. The van der Waals surface area contributed by atoms with Crippen LogP contribution in [0.3, 0.4) is 0 Å². The van der Waals surface area contributed by atoms with Gasteiger partial charge in [0.2, 0.25) is 11.8 Å². The first-order valence-electron chi connectivity index (χ1n) is 6.25. The Morgan fingerprint density at radius 3 is 2.70 bits per heavy atom. The second-order valence-corrected chi connectivity index (χ2v) is 5.12. The lowest BCUT2D eigenvalue weighted by molar-refractivity contribution is -0.118. The van der Waals surface area contributed by atoms with E-state index in [0.29, 0.717) is 29.4 Å². The normalized spacial score (nSPS) is 21.6. The van der Waals surface area contributed by atoms with Crippen LogP contribution in [0.4, 0.5) is 11.4 Å². The SMILES string of the molecule is CC(=O)Nc1ccc(NC(=O)C2CC(O)CN2)cc1Cl. The summed E-state index contributed by atoms with van der Waals surface area (Å²) in [4.78, 5) is 22.9. The Balaban J connectivity index is 2.01. The molecule has 0 aliphatic carbocycles. The number of halogens is 1. The van der Waals surface area contributed by atoms with Crippen molar-refractivity contribution in [2.45, 2.75) is 25.5 Å². The number of β-amino-alcohol motifs (C(OH)–C–C–N with tert-alkyl or cyclic N) is 1. The highest BCUT2D eigenvalue weighted by atomic mass is 35.5. The van der Waals surface area contributed by atoms with E-state index in [9.17, 15) is 14.7 Å². The molecule has 0 radical (unpaired) electrons. The van der Waals surface area contributed by atoms with Crippen LogP contribution >= 0.6 is 11.6 Å². The van der Waals surface area contributed by atoms with E-state index in [4.69, 9.17) is 11.6 Å². The highest BCUT2D eigenvalue weighted by Crippen LogP contribution is 2.25. The van der Waals surface area contributed by atoms with Crippen molar-refractivity contribution in [3.05, 3.63) is 23.2 Å². The number of rotatable bonds is 3. The summed E-state index contributed by atoms with van der Waals surface area (Å²) in [6.45, 7) is 1.81. The molecule has 1 heterocycles. The van der Waals surface area contributed by atoms with E-state index in [0.717, 1.165) is 0 Å². The largest absolute Gasteiger partial charge is 0.392 e. The zero-order chi connectivity index (χ0) is 14.7. The van der Waals surface area contributed by atoms with Crippen molar-refractivity contribution in [3.63, 3.8) is 0 Å². The van der Waals surface area contributed by atoms with E-state index in [-0.39, 0.29) is 11.8 Å². The molecule has 1 saturated heterocycles. The van der Waals surface area contributed by atoms with Gasteiger partial charge < -0.3 is 21.1 Å². The van der Waals surface area contributed by atoms with Crippen molar-refractivity contribution >= 4 is 34.8 Å². The first-order chi connectivity index (χ1) is 9.45. The quantitative estimate of drug-likeness (QED) is 0.669. The Hall–Kier alpha value is -1.63. The lowest BCUT2D eigenvalue weighted by atomic mass is 10.2. The monoisotopic (exact) mass is 297 g/mol. The molecule has 4 N–H and O–H groups in total. The van der Waals surface area contributed by atoms with Gasteiger partial charge >= 0.3 is 0 Å². The molecule has 0 aromatic heterocycles. The Kier molecular flexibility index (Phi) is 4.59. The number of hydrogen-bond acceptors (Lipinski definition) is 4. The lowest BCUT2D eigenvalue weighted by Gasteiger charge is -2.12. The van der Waals surface area contributed by atoms with Gasteiger partial charge in [0.25, 0.3) is 0 Å². The number of carbonyl (C=O) groups excluding carboxylic acids is 2. The van der Waals surface area contributed by atoms with Gasteiger partial charge in [-0.1, -0.05) is 11.6 Å². The molecule has 1 fully saturated rings. The van der Waals surface area contributed by atoms with Gasteiger partial charge in [0.1, 0.15) is 0 Å². The summed E-state index contributed by atoms with van der Waals surface area (Å²) >= 11 is 6.02. The molecule has 20 heavy (non-hydrogen) atoms. The van der Waals surface area contributed by atoms with Gasteiger partial charge in [-0.05, 0) is 24.6 Å². The average Bonchev–Trinajstić information content (AvgIpc) is 2.79. The topological polar surface area (TPSA) is 90.5 Å². The van der Waals surface area contributed by atoms with Crippen molar-refractivity contribution in [1.82, 2.24) is 5.32 Å². The van der Waals surface area contributed by atoms with Crippen LogP contribution < -0.4 is 16.0 Å². The third-order valence-corrected chi connectivity index (χ3v) is 3.28. The van der Waals surface area contributed by atoms with E-state index in [1.54, 1.807) is 18.2 Å². The molecular formula is C13H16ClN3O3. The van der Waals surface area contributed by atoms with Crippen LogP contribution in [0, 0.1) is 0 Å². The van der Waals surface area contributed by atoms with Gasteiger partial charge in [0, 0.05) is 19.2 Å². The Labute approximate surface area is 121 Å². The molecule has 2 amide bonds. The summed E-state index contributed by atoms with van der Waals surface area (Å²) < 4.78 is 0. The first-order valence-corrected chi connectivity index (χ1v) is 6.63. The average molecular weight is 298 g/mol. The minimum absolute atomic E-state index is 0.215. The Bertz CT molecular complexity index is 536. The van der Waals surface area contributed by atoms with Crippen LogP contribution in [0.25, 0.3) is 0 Å². The van der Waals surface area contributed by atoms with Gasteiger partial charge in [-0.3, -0.25) is 9.59 Å². The van der Waals surface area contributed by atoms with Gasteiger partial charge in [-0.25, -0.2) is 0 Å². The van der Waals surface area contributed by atoms with Crippen molar-refractivity contribution in [3.8, 4) is 0 Å². The molecule has 1 aromatic carbocycles. The minimum Gasteiger partial charge on any atom is -0.392 e. The van der Waals surface area contributed by atoms with Crippen molar-refractivity contribution in [1.29, 1.82) is 0 Å². The molecule has 0 saturated carbocycles. The summed E-state index contributed by atoms with van der Waals surface area (Å²) in [7, 11) is 0. The third-order valence-electron chi connectivity index (χ3n) is 2.97. The molecule has 1 aromatic rings. The Morgan fingerprint density at radius 2 is 2.15 bits per heavy atom. The van der Waals surface area contributed by atoms with Crippen LogP contribution in [-0.2, 0) is 9.59 Å². The standard InChI is InChI=1S/C13H16ClN3O3/c1-7(18)16-11-3-2-8(4-10(11)14)17-13(20)12-5-9(19)6-15-12/h2-4,9,12,15,19H,5-6H2,1H3,(H,16,18)(H,17,20). The first kappa shape index (κ1) is 14.8. The maximum Gasteiger partial charge on any atom is 0.241 e. The third kappa shape index (κ3) is 3.69. The predicted molar refractivity (Wildman–Crippen MR) is 76.8 cm³/mol. The van der Waals surface area contributed by atoms with Crippen molar-refractivity contribution in [2.24, 2.45) is 0 Å². The lowest BCUT2D eigenvalue weighted by Crippen LogP contribution is -2.35. The zero-order valence-corrected chi connectivity index (χ0v) is 11.7. The molecule has 2 unspecified atom stereocenters. The van der Waals surface area contributed by atoms with Crippen LogP contribution in [0.2, 0.25) is 5.02 Å². The van der Waals surface area contributed by atoms with E-state index < -0.39 is 12.1 Å². The number of aliphatic hydroxyl groups excluding tert-OH is 1. The molecule has 7 heteroatoms. The summed E-state index contributed by atoms with van der Waals surface area (Å²) in [6, 6.07) is 4.44. The highest BCUT2D eigenvalue weighted by Gasteiger charge is 2.28. The second-order valence-electron chi connectivity index (χ2n) is 4.72. The number of benzene rings is 1. The maximum absolute atomic E-state index is 11.9. The number of nitrogens with one attached hydrogen (secondary N) is 3. The van der Waals surface area contributed by atoms with E-state index in [1.807, 2.05) is 0 Å². The predicted octanol–water partition coefficient (Wildman–Crippen LogP) is 0.960. The Morgan fingerprint density at radius 1 is 1.40 bits per heavy atom. The van der Waals surface area contributed by atoms with Crippen molar-refractivity contribution in [2.75, 3.05) is 17.2 Å². The van der Waals surface area contributed by atoms with Crippen LogP contribution in [-0.4, -0.2) is 35.6 Å². The maximum atomic E-state index is 11.9. The fraction of sp³-hybridized carbons (Fsp3) is 0.385. The molecule has 1 aliphatic heterocycles. The minimum atomic E-state index is -0.489. The van der Waals surface area contributed by atoms with Crippen LogP contribution in [0.1, 0.15) is 13.3 Å². The molecule has 6 nitrogen and oxygen atoms in total. The van der Waals surface area contributed by atoms with E-state index in [2.05, 4.69) is 16.0 Å². The summed E-state index contributed by atoms with van der Waals surface area (Å²) in [5.41, 5.74) is 1.03. The second kappa shape index (κ2) is 6.21. The van der Waals surface area contributed by atoms with Gasteiger partial charge in [0.05, 0.1) is 22.9 Å². The fourth-order valence-electron chi connectivity index (χ4n) is 2.03. The molecule has 0 bridgehead atoms. The van der Waals surface area contributed by atoms with E-state index in [1.165, 1.54) is 6.92 Å². The van der Waals surface area contributed by atoms with Crippen LogP contribution in [0.15, 0.2) is 18.2 Å². The molecule has 2 rings (SSSR count). The number of anilines is 2.